The molecule has 0 fully saturated rings. The summed E-state index contributed by atoms with van der Waals surface area (Å²) in [6.07, 6.45) is 11.7. The molecule has 28 heavy (non-hydrogen) atoms. The lowest BCUT2D eigenvalue weighted by atomic mass is 10.1. The van der Waals surface area contributed by atoms with E-state index in [1.165, 1.54) is 12.2 Å². The van der Waals surface area contributed by atoms with Gasteiger partial charge in [0.15, 0.2) is 11.7 Å². The highest BCUT2D eigenvalue weighted by molar-refractivity contribution is 5.92. The summed E-state index contributed by atoms with van der Waals surface area (Å²) in [5, 5.41) is 5.01. The molecule has 2 unspecified atom stereocenters. The second kappa shape index (κ2) is 16.3. The van der Waals surface area contributed by atoms with E-state index in [4.69, 9.17) is 0 Å². The number of nitrogens with one attached hydrogen (secondary N) is 2. The molecule has 0 aliphatic rings. The number of carbonyl (C=O) groups excluding carboxylic acids is 2. The van der Waals surface area contributed by atoms with E-state index < -0.39 is 35.6 Å². The number of hydrogen-bond acceptors (Lipinski definition) is 2. The Balaban J connectivity index is 4.32. The van der Waals surface area contributed by atoms with E-state index in [9.17, 15) is 18.4 Å². The van der Waals surface area contributed by atoms with Crippen LogP contribution in [0, 0.1) is 0 Å². The Labute approximate surface area is 169 Å². The van der Waals surface area contributed by atoms with E-state index in [0.717, 1.165) is 51.4 Å². The van der Waals surface area contributed by atoms with Gasteiger partial charge in [0, 0.05) is 12.1 Å². The van der Waals surface area contributed by atoms with Gasteiger partial charge in [0.25, 0.3) is 11.8 Å². The van der Waals surface area contributed by atoms with E-state index >= 15 is 0 Å². The Kier molecular flexibility index (Phi) is 15.3. The quantitative estimate of drug-likeness (QED) is 0.276. The summed E-state index contributed by atoms with van der Waals surface area (Å²) in [4.78, 5) is 23.7. The third-order valence-corrected chi connectivity index (χ3v) is 4.66. The number of rotatable bonds is 15. The minimum absolute atomic E-state index is 0.522. The van der Waals surface area contributed by atoms with Crippen molar-refractivity contribution in [2.24, 2.45) is 0 Å². The summed E-state index contributed by atoms with van der Waals surface area (Å²) in [5.41, 5.74) is 0. The van der Waals surface area contributed by atoms with Crippen molar-refractivity contribution >= 4 is 11.8 Å². The summed E-state index contributed by atoms with van der Waals surface area (Å²) < 4.78 is 27.7. The second-order valence-corrected chi connectivity index (χ2v) is 7.33. The van der Waals surface area contributed by atoms with Gasteiger partial charge in [-0.2, -0.15) is 0 Å². The number of unbranched alkanes of at least 4 members (excludes halogenated alkanes) is 8. The van der Waals surface area contributed by atoms with Crippen LogP contribution in [0.3, 0.4) is 0 Å². The average molecular weight is 401 g/mol. The fourth-order valence-corrected chi connectivity index (χ4v) is 2.59. The lowest BCUT2D eigenvalue weighted by molar-refractivity contribution is -0.122. The van der Waals surface area contributed by atoms with Gasteiger partial charge in [0.05, 0.1) is 0 Å². The van der Waals surface area contributed by atoms with Crippen LogP contribution in [0.2, 0.25) is 0 Å². The van der Waals surface area contributed by atoms with Crippen molar-refractivity contribution < 1.29 is 18.4 Å². The van der Waals surface area contributed by atoms with Gasteiger partial charge in [-0.25, -0.2) is 8.78 Å². The SMILES string of the molecule is CCCCCCC=C(F)C(=O)NC(C)C(C)NC(=O)C(F)=CCCCCCC. The molecule has 0 saturated carbocycles. The van der Waals surface area contributed by atoms with Gasteiger partial charge in [-0.05, 0) is 51.7 Å². The van der Waals surface area contributed by atoms with E-state index in [2.05, 4.69) is 24.5 Å². The van der Waals surface area contributed by atoms with Crippen LogP contribution in [0.5, 0.6) is 0 Å². The first-order chi connectivity index (χ1) is 13.3. The molecular weight excluding hydrogens is 362 g/mol. The van der Waals surface area contributed by atoms with Crippen molar-refractivity contribution in [2.75, 3.05) is 0 Å². The zero-order valence-electron chi connectivity index (χ0n) is 18.0. The number of hydrogen-bond donors (Lipinski definition) is 2. The maximum absolute atomic E-state index is 13.8. The van der Waals surface area contributed by atoms with Crippen LogP contribution in [0.15, 0.2) is 23.8 Å². The van der Waals surface area contributed by atoms with Crippen LogP contribution < -0.4 is 10.6 Å². The molecule has 0 aromatic heterocycles. The van der Waals surface area contributed by atoms with E-state index in [0.29, 0.717) is 12.8 Å². The summed E-state index contributed by atoms with van der Waals surface area (Å²) in [5.74, 6) is -3.26. The molecule has 162 valence electrons. The number of amides is 2. The van der Waals surface area contributed by atoms with Gasteiger partial charge in [0.1, 0.15) is 0 Å². The monoisotopic (exact) mass is 400 g/mol. The van der Waals surface area contributed by atoms with Gasteiger partial charge in [-0.15, -0.1) is 0 Å². The van der Waals surface area contributed by atoms with Gasteiger partial charge < -0.3 is 10.6 Å². The molecule has 2 amide bonds. The first-order valence-corrected chi connectivity index (χ1v) is 10.7. The fourth-order valence-electron chi connectivity index (χ4n) is 2.59. The molecule has 0 rings (SSSR count). The van der Waals surface area contributed by atoms with Crippen molar-refractivity contribution in [3.8, 4) is 0 Å². The third kappa shape index (κ3) is 12.6. The molecule has 0 aromatic carbocycles. The van der Waals surface area contributed by atoms with Crippen LogP contribution in [-0.2, 0) is 9.59 Å². The lowest BCUT2D eigenvalue weighted by Crippen LogP contribution is -2.48. The van der Waals surface area contributed by atoms with Crippen molar-refractivity contribution in [2.45, 2.75) is 104 Å². The highest BCUT2D eigenvalue weighted by Gasteiger charge is 2.20. The Hall–Kier alpha value is -1.72. The van der Waals surface area contributed by atoms with Gasteiger partial charge in [0.2, 0.25) is 0 Å². The predicted molar refractivity (Wildman–Crippen MR) is 111 cm³/mol. The molecule has 2 atom stereocenters. The molecule has 0 aliphatic heterocycles. The molecule has 0 heterocycles. The van der Waals surface area contributed by atoms with Crippen molar-refractivity contribution in [3.63, 3.8) is 0 Å². The molecule has 0 spiro atoms. The number of carbonyl (C=O) groups is 2. The van der Waals surface area contributed by atoms with Crippen molar-refractivity contribution in [1.29, 1.82) is 0 Å². The Bertz CT molecular complexity index is 473. The van der Waals surface area contributed by atoms with E-state index in [1.54, 1.807) is 13.8 Å². The standard InChI is InChI=1S/C22H38F2N2O2/c1-5-7-9-11-13-15-19(23)21(27)25-17(3)18(4)26-22(28)20(24)16-14-12-10-8-6-2/h15-18H,5-14H2,1-4H3,(H,25,27)(H,26,28). The van der Waals surface area contributed by atoms with Crippen molar-refractivity contribution in [3.05, 3.63) is 23.8 Å². The van der Waals surface area contributed by atoms with Crippen molar-refractivity contribution in [1.82, 2.24) is 10.6 Å². The topological polar surface area (TPSA) is 58.2 Å². The van der Waals surface area contributed by atoms with E-state index in [1.807, 2.05) is 0 Å². The normalized spacial score (nSPS) is 14.5. The maximum atomic E-state index is 13.8. The Morgan fingerprint density at radius 3 is 1.39 bits per heavy atom. The number of halogens is 2. The smallest absolute Gasteiger partial charge is 0.279 e. The van der Waals surface area contributed by atoms with Gasteiger partial charge in [-0.3, -0.25) is 9.59 Å². The molecule has 6 heteroatoms. The maximum Gasteiger partial charge on any atom is 0.279 e. The molecular formula is C22H38F2N2O2. The predicted octanol–water partition coefficient (Wildman–Crippen LogP) is 5.64. The van der Waals surface area contributed by atoms with Gasteiger partial charge in [-0.1, -0.05) is 52.4 Å². The number of allylic oxidation sites excluding steroid dienone is 2. The minimum atomic E-state index is -0.819. The van der Waals surface area contributed by atoms with Crippen LogP contribution in [0.1, 0.15) is 91.9 Å². The highest BCUT2D eigenvalue weighted by atomic mass is 19.1. The summed E-state index contributed by atoms with van der Waals surface area (Å²) in [6, 6.07) is -1.07. The Morgan fingerprint density at radius 1 is 0.714 bits per heavy atom. The molecule has 0 aromatic rings. The average Bonchev–Trinajstić information content (AvgIpc) is 2.66. The largest absolute Gasteiger partial charge is 0.346 e. The van der Waals surface area contributed by atoms with E-state index in [-0.39, 0.29) is 0 Å². The lowest BCUT2D eigenvalue weighted by Gasteiger charge is -2.21. The molecule has 2 N–H and O–H groups in total. The molecule has 0 bridgehead atoms. The first-order valence-electron chi connectivity index (χ1n) is 10.7. The Morgan fingerprint density at radius 2 is 1.07 bits per heavy atom. The first kappa shape index (κ1) is 26.3. The summed E-state index contributed by atoms with van der Waals surface area (Å²) in [6.45, 7) is 7.48. The summed E-state index contributed by atoms with van der Waals surface area (Å²) in [7, 11) is 0. The zero-order chi connectivity index (χ0) is 21.4. The fraction of sp³-hybridized carbons (Fsp3) is 0.727. The van der Waals surface area contributed by atoms with Crippen LogP contribution in [-0.4, -0.2) is 23.9 Å². The molecule has 0 radical (unpaired) electrons. The van der Waals surface area contributed by atoms with Gasteiger partial charge >= 0.3 is 0 Å². The zero-order valence-corrected chi connectivity index (χ0v) is 18.0. The molecule has 0 aliphatic carbocycles. The molecule has 4 nitrogen and oxygen atoms in total. The third-order valence-electron chi connectivity index (χ3n) is 4.66. The minimum Gasteiger partial charge on any atom is -0.346 e. The second-order valence-electron chi connectivity index (χ2n) is 7.33. The van der Waals surface area contributed by atoms with Crippen LogP contribution in [0.25, 0.3) is 0 Å². The van der Waals surface area contributed by atoms with Crippen LogP contribution in [0.4, 0.5) is 8.78 Å². The molecule has 0 saturated heterocycles. The highest BCUT2D eigenvalue weighted by Crippen LogP contribution is 2.09. The summed E-state index contributed by atoms with van der Waals surface area (Å²) >= 11 is 0. The van der Waals surface area contributed by atoms with Crippen LogP contribution >= 0.6 is 0 Å².